The van der Waals surface area contributed by atoms with Gasteiger partial charge in [0.15, 0.2) is 0 Å². The molecule has 6 heteroatoms. The van der Waals surface area contributed by atoms with Crippen LogP contribution in [0.1, 0.15) is 17.3 Å². The lowest BCUT2D eigenvalue weighted by Gasteiger charge is -2.34. The lowest BCUT2D eigenvalue weighted by atomic mass is 10.1. The molecular weight excluding hydrogens is 290 g/mol. The zero-order chi connectivity index (χ0) is 14.1. The minimum Gasteiger partial charge on any atom is -0.333 e. The first-order valence-electron chi connectivity index (χ1n) is 6.80. The van der Waals surface area contributed by atoms with Gasteiger partial charge >= 0.3 is 0 Å². The van der Waals surface area contributed by atoms with Gasteiger partial charge in [0.25, 0.3) is 5.91 Å². The largest absolute Gasteiger partial charge is 0.333 e. The molecule has 2 heterocycles. The van der Waals surface area contributed by atoms with Gasteiger partial charge in [-0.3, -0.25) is 9.59 Å². The Morgan fingerprint density at radius 2 is 2.10 bits per heavy atom. The van der Waals surface area contributed by atoms with Crippen molar-refractivity contribution in [3.05, 3.63) is 46.2 Å². The van der Waals surface area contributed by atoms with E-state index in [1.165, 1.54) is 6.07 Å². The lowest BCUT2D eigenvalue weighted by Crippen LogP contribution is -2.52. The molecule has 0 saturated carbocycles. The first kappa shape index (κ1) is 15.5. The van der Waals surface area contributed by atoms with Crippen LogP contribution in [-0.2, 0) is 0 Å². The molecule has 0 aliphatic carbocycles. The molecule has 21 heavy (non-hydrogen) atoms. The summed E-state index contributed by atoms with van der Waals surface area (Å²) in [5.41, 5.74) is 0.944. The number of H-pyrrole nitrogens is 1. The number of hydrogen-bond donors (Lipinski definition) is 2. The fourth-order valence-electron chi connectivity index (χ4n) is 2.68. The monoisotopic (exact) mass is 307 g/mol. The smallest absolute Gasteiger partial charge is 0.255 e. The molecular formula is C15H18ClN3O2. The summed E-state index contributed by atoms with van der Waals surface area (Å²) in [6, 6.07) is 8.94. The molecule has 112 valence electrons. The Hall–Kier alpha value is -1.85. The second kappa shape index (κ2) is 6.28. The summed E-state index contributed by atoms with van der Waals surface area (Å²) in [6.45, 7) is 4.25. The fraction of sp³-hybridized carbons (Fsp3) is 0.333. The Bertz CT molecular complexity index is 713. The van der Waals surface area contributed by atoms with Gasteiger partial charge in [-0.2, -0.15) is 0 Å². The number of aromatic amines is 1. The van der Waals surface area contributed by atoms with Crippen molar-refractivity contribution in [2.45, 2.75) is 13.0 Å². The van der Waals surface area contributed by atoms with Crippen molar-refractivity contribution >= 4 is 29.2 Å². The third kappa shape index (κ3) is 2.94. The van der Waals surface area contributed by atoms with E-state index >= 15 is 0 Å². The second-order valence-electron chi connectivity index (χ2n) is 5.14. The maximum atomic E-state index is 12.7. The third-order valence-corrected chi connectivity index (χ3v) is 3.74. The van der Waals surface area contributed by atoms with Crippen LogP contribution in [0, 0.1) is 0 Å². The summed E-state index contributed by atoms with van der Waals surface area (Å²) in [6.07, 6.45) is 0. The zero-order valence-electron chi connectivity index (χ0n) is 11.8. The Morgan fingerprint density at radius 1 is 1.33 bits per heavy atom. The normalized spacial score (nSPS) is 18.3. The lowest BCUT2D eigenvalue weighted by molar-refractivity contribution is 0.0657. The van der Waals surface area contributed by atoms with Gasteiger partial charge in [0, 0.05) is 42.6 Å². The van der Waals surface area contributed by atoms with Crippen molar-refractivity contribution in [3.63, 3.8) is 0 Å². The van der Waals surface area contributed by atoms with Crippen LogP contribution in [0.2, 0.25) is 0 Å². The summed E-state index contributed by atoms with van der Waals surface area (Å²) in [7, 11) is 0. The number of piperazine rings is 1. The number of hydrogen-bond acceptors (Lipinski definition) is 3. The molecule has 0 unspecified atom stereocenters. The van der Waals surface area contributed by atoms with Crippen LogP contribution in [0.5, 0.6) is 0 Å². The molecule has 2 N–H and O–H groups in total. The Labute approximate surface area is 128 Å². The summed E-state index contributed by atoms with van der Waals surface area (Å²) in [5.74, 6) is -0.0682. The minimum atomic E-state index is -0.241. The number of aromatic nitrogens is 1. The number of amides is 1. The number of nitrogens with one attached hydrogen (secondary N) is 2. The number of rotatable bonds is 1. The van der Waals surface area contributed by atoms with Gasteiger partial charge in [0.2, 0.25) is 5.56 Å². The van der Waals surface area contributed by atoms with Crippen molar-refractivity contribution in [2.24, 2.45) is 0 Å². The molecule has 1 atom stereocenters. The van der Waals surface area contributed by atoms with E-state index < -0.39 is 0 Å². The number of nitrogens with zero attached hydrogens (tertiary/aromatic N) is 1. The van der Waals surface area contributed by atoms with E-state index in [-0.39, 0.29) is 29.9 Å². The third-order valence-electron chi connectivity index (χ3n) is 3.74. The van der Waals surface area contributed by atoms with Gasteiger partial charge in [0.1, 0.15) is 0 Å². The van der Waals surface area contributed by atoms with E-state index in [0.717, 1.165) is 18.5 Å². The summed E-state index contributed by atoms with van der Waals surface area (Å²) < 4.78 is 0. The van der Waals surface area contributed by atoms with Crippen molar-refractivity contribution in [2.75, 3.05) is 19.6 Å². The average molecular weight is 308 g/mol. The highest BCUT2D eigenvalue weighted by atomic mass is 35.5. The second-order valence-corrected chi connectivity index (χ2v) is 5.14. The zero-order valence-corrected chi connectivity index (χ0v) is 12.6. The van der Waals surface area contributed by atoms with Crippen molar-refractivity contribution < 1.29 is 4.79 Å². The maximum Gasteiger partial charge on any atom is 0.255 e. The highest BCUT2D eigenvalue weighted by molar-refractivity contribution is 6.06. The molecule has 1 aromatic carbocycles. The van der Waals surface area contributed by atoms with Crippen LogP contribution < -0.4 is 10.9 Å². The van der Waals surface area contributed by atoms with Crippen LogP contribution in [0.15, 0.2) is 35.1 Å². The molecule has 0 radical (unpaired) electrons. The molecule has 1 saturated heterocycles. The number of pyridine rings is 1. The number of para-hydroxylation sites is 1. The summed E-state index contributed by atoms with van der Waals surface area (Å²) in [5, 5.41) is 4.05. The fourth-order valence-corrected chi connectivity index (χ4v) is 2.68. The van der Waals surface area contributed by atoms with Gasteiger partial charge in [-0.15, -0.1) is 12.4 Å². The Balaban J connectivity index is 0.00000161. The van der Waals surface area contributed by atoms with Gasteiger partial charge < -0.3 is 15.2 Å². The topological polar surface area (TPSA) is 65.2 Å². The summed E-state index contributed by atoms with van der Waals surface area (Å²) in [4.78, 5) is 29.0. The molecule has 5 nitrogen and oxygen atoms in total. The van der Waals surface area contributed by atoms with Crippen molar-refractivity contribution in [3.8, 4) is 0 Å². The first-order valence-corrected chi connectivity index (χ1v) is 6.80. The molecule has 1 amide bonds. The molecule has 0 spiro atoms. The van der Waals surface area contributed by atoms with Crippen molar-refractivity contribution in [1.29, 1.82) is 0 Å². The Morgan fingerprint density at radius 3 is 2.86 bits per heavy atom. The first-order chi connectivity index (χ1) is 9.66. The number of fused-ring (bicyclic) bond motifs is 1. The minimum absolute atomic E-state index is 0. The van der Waals surface area contributed by atoms with Gasteiger partial charge in [0.05, 0.1) is 5.56 Å². The van der Waals surface area contributed by atoms with E-state index in [1.807, 2.05) is 36.1 Å². The van der Waals surface area contributed by atoms with E-state index in [2.05, 4.69) is 10.3 Å². The molecule has 0 bridgehead atoms. The van der Waals surface area contributed by atoms with E-state index in [9.17, 15) is 9.59 Å². The predicted molar refractivity (Wildman–Crippen MR) is 85.2 cm³/mol. The molecule has 1 aliphatic heterocycles. The van der Waals surface area contributed by atoms with Crippen LogP contribution in [-0.4, -0.2) is 41.5 Å². The quantitative estimate of drug-likeness (QED) is 0.836. The van der Waals surface area contributed by atoms with Crippen LogP contribution in [0.3, 0.4) is 0 Å². The number of benzene rings is 1. The SMILES string of the molecule is C[C@@H]1CNCCN1C(=O)c1cc(=O)[nH]c2ccccc12.Cl. The van der Waals surface area contributed by atoms with Gasteiger partial charge in [-0.25, -0.2) is 0 Å². The van der Waals surface area contributed by atoms with Gasteiger partial charge in [-0.05, 0) is 13.0 Å². The average Bonchev–Trinajstić information content (AvgIpc) is 2.46. The highest BCUT2D eigenvalue weighted by Crippen LogP contribution is 2.18. The molecule has 1 fully saturated rings. The van der Waals surface area contributed by atoms with E-state index in [4.69, 9.17) is 0 Å². The summed E-state index contributed by atoms with van der Waals surface area (Å²) >= 11 is 0. The molecule has 1 aliphatic rings. The van der Waals surface area contributed by atoms with Crippen LogP contribution in [0.4, 0.5) is 0 Å². The van der Waals surface area contributed by atoms with E-state index in [0.29, 0.717) is 17.6 Å². The highest BCUT2D eigenvalue weighted by Gasteiger charge is 2.25. The van der Waals surface area contributed by atoms with Crippen LogP contribution >= 0.6 is 12.4 Å². The van der Waals surface area contributed by atoms with Gasteiger partial charge in [-0.1, -0.05) is 18.2 Å². The molecule has 1 aromatic heterocycles. The van der Waals surface area contributed by atoms with E-state index in [1.54, 1.807) is 0 Å². The number of halogens is 1. The predicted octanol–water partition coefficient (Wildman–Crippen LogP) is 1.38. The number of carbonyl (C=O) groups excluding carboxylic acids is 1. The Kier molecular flexibility index (Phi) is 4.65. The maximum absolute atomic E-state index is 12.7. The van der Waals surface area contributed by atoms with Crippen LogP contribution in [0.25, 0.3) is 10.9 Å². The standard InChI is InChI=1S/C15H17N3O2.ClH/c1-10-9-16-6-7-18(10)15(20)12-8-14(19)17-13-5-3-2-4-11(12)13;/h2-5,8,10,16H,6-7,9H2,1H3,(H,17,19);1H/t10-;/m1./s1. The molecule has 3 rings (SSSR count). The van der Waals surface area contributed by atoms with Crippen molar-refractivity contribution in [1.82, 2.24) is 15.2 Å². The number of carbonyl (C=O) groups is 1. The molecule has 2 aromatic rings.